The zero-order valence-electron chi connectivity index (χ0n) is 16.0. The van der Waals surface area contributed by atoms with Gasteiger partial charge in [-0.1, -0.05) is 13.0 Å². The lowest BCUT2D eigenvalue weighted by atomic mass is 9.99. The van der Waals surface area contributed by atoms with Crippen LogP contribution in [0.25, 0.3) is 0 Å². The second-order valence-corrected chi connectivity index (χ2v) is 7.44. The number of carbonyl (C=O) groups is 1. The molecular weight excluding hydrogens is 330 g/mol. The fraction of sp³-hybridized carbons (Fsp3) is 0.650. The van der Waals surface area contributed by atoms with Gasteiger partial charge in [0.1, 0.15) is 13.2 Å². The molecule has 2 aliphatic rings. The Morgan fingerprint density at radius 2 is 1.96 bits per heavy atom. The van der Waals surface area contributed by atoms with E-state index in [4.69, 9.17) is 9.47 Å². The Morgan fingerprint density at radius 3 is 2.73 bits per heavy atom. The second-order valence-electron chi connectivity index (χ2n) is 7.44. The van der Waals surface area contributed by atoms with E-state index in [1.807, 2.05) is 25.2 Å². The molecule has 1 fully saturated rings. The molecular formula is C20H31N3O3. The number of piperidine rings is 1. The summed E-state index contributed by atoms with van der Waals surface area (Å²) in [6.45, 7) is 8.21. The van der Waals surface area contributed by atoms with Gasteiger partial charge in [0, 0.05) is 20.1 Å². The lowest BCUT2D eigenvalue weighted by Gasteiger charge is -2.30. The Hall–Kier alpha value is -1.95. The van der Waals surface area contributed by atoms with E-state index in [9.17, 15) is 4.79 Å². The number of urea groups is 1. The number of hydrogen-bond acceptors (Lipinski definition) is 4. The van der Waals surface area contributed by atoms with Crippen molar-refractivity contribution >= 4 is 6.03 Å². The van der Waals surface area contributed by atoms with Crippen LogP contribution in [0.4, 0.5) is 4.79 Å². The van der Waals surface area contributed by atoms with Crippen LogP contribution in [-0.4, -0.2) is 62.3 Å². The lowest BCUT2D eigenvalue weighted by Crippen LogP contribution is -2.39. The Kier molecular flexibility index (Phi) is 6.61. The maximum absolute atomic E-state index is 12.3. The van der Waals surface area contributed by atoms with Gasteiger partial charge < -0.3 is 24.6 Å². The summed E-state index contributed by atoms with van der Waals surface area (Å²) in [4.78, 5) is 16.5. The number of hydrogen-bond donors (Lipinski definition) is 1. The summed E-state index contributed by atoms with van der Waals surface area (Å²) >= 11 is 0. The third-order valence-corrected chi connectivity index (χ3v) is 5.18. The van der Waals surface area contributed by atoms with Gasteiger partial charge in [-0.25, -0.2) is 4.79 Å². The maximum atomic E-state index is 12.3. The summed E-state index contributed by atoms with van der Waals surface area (Å²) in [6.07, 6.45) is 3.59. The SMILES string of the molecule is CC1CCN(CCCNC(=O)N(C)Cc2ccc3c(c2)OCCO3)CC1. The Morgan fingerprint density at radius 1 is 1.23 bits per heavy atom. The largest absolute Gasteiger partial charge is 0.486 e. The molecule has 1 aromatic rings. The van der Waals surface area contributed by atoms with Gasteiger partial charge in [0.05, 0.1) is 0 Å². The minimum atomic E-state index is -0.0350. The quantitative estimate of drug-likeness (QED) is 0.792. The van der Waals surface area contributed by atoms with E-state index in [0.717, 1.165) is 42.5 Å². The molecule has 0 unspecified atom stereocenters. The monoisotopic (exact) mass is 361 g/mol. The first-order valence-electron chi connectivity index (χ1n) is 9.71. The van der Waals surface area contributed by atoms with Gasteiger partial charge in [-0.2, -0.15) is 0 Å². The third kappa shape index (κ3) is 5.27. The Bertz CT molecular complexity index is 600. The van der Waals surface area contributed by atoms with Crippen molar-refractivity contribution in [3.63, 3.8) is 0 Å². The summed E-state index contributed by atoms with van der Waals surface area (Å²) in [7, 11) is 1.82. The number of benzene rings is 1. The number of carbonyl (C=O) groups excluding carboxylic acids is 1. The highest BCUT2D eigenvalue weighted by Crippen LogP contribution is 2.31. The summed E-state index contributed by atoms with van der Waals surface area (Å²) < 4.78 is 11.1. The minimum absolute atomic E-state index is 0.0350. The molecule has 1 aromatic carbocycles. The molecule has 0 atom stereocenters. The van der Waals surface area contributed by atoms with E-state index in [2.05, 4.69) is 17.1 Å². The van der Waals surface area contributed by atoms with Crippen molar-refractivity contribution < 1.29 is 14.3 Å². The van der Waals surface area contributed by atoms with E-state index in [-0.39, 0.29) is 6.03 Å². The number of likely N-dealkylation sites (tertiary alicyclic amines) is 1. The number of fused-ring (bicyclic) bond motifs is 1. The van der Waals surface area contributed by atoms with Crippen molar-refractivity contribution in [3.05, 3.63) is 23.8 Å². The van der Waals surface area contributed by atoms with Crippen LogP contribution >= 0.6 is 0 Å². The fourth-order valence-corrected chi connectivity index (χ4v) is 3.45. The Labute approximate surface area is 156 Å². The molecule has 1 N–H and O–H groups in total. The number of nitrogens with zero attached hydrogens (tertiary/aromatic N) is 2. The molecule has 144 valence electrons. The first kappa shape index (κ1) is 18.8. The average Bonchev–Trinajstić information content (AvgIpc) is 2.66. The van der Waals surface area contributed by atoms with Crippen molar-refractivity contribution in [2.45, 2.75) is 32.7 Å². The van der Waals surface area contributed by atoms with E-state index in [1.165, 1.54) is 25.9 Å². The van der Waals surface area contributed by atoms with Crippen LogP contribution in [0.15, 0.2) is 18.2 Å². The predicted molar refractivity (Wildman–Crippen MR) is 102 cm³/mol. The van der Waals surface area contributed by atoms with E-state index in [1.54, 1.807) is 4.90 Å². The molecule has 2 heterocycles. The standard InChI is InChI=1S/C20H31N3O3/c1-16-6-10-23(11-7-16)9-3-8-21-20(24)22(2)15-17-4-5-18-19(14-17)26-13-12-25-18/h4-5,14,16H,3,6-13,15H2,1-2H3,(H,21,24). The van der Waals surface area contributed by atoms with Crippen molar-refractivity contribution in [2.75, 3.05) is 46.4 Å². The van der Waals surface area contributed by atoms with Gasteiger partial charge in [-0.3, -0.25) is 0 Å². The molecule has 6 heteroatoms. The third-order valence-electron chi connectivity index (χ3n) is 5.18. The van der Waals surface area contributed by atoms with Crippen LogP contribution in [0.2, 0.25) is 0 Å². The highest BCUT2D eigenvalue weighted by Gasteiger charge is 2.16. The summed E-state index contributed by atoms with van der Waals surface area (Å²) in [6, 6.07) is 5.81. The van der Waals surface area contributed by atoms with Crippen LogP contribution in [0.3, 0.4) is 0 Å². The van der Waals surface area contributed by atoms with Crippen LogP contribution in [0, 0.1) is 5.92 Å². The highest BCUT2D eigenvalue weighted by molar-refractivity contribution is 5.73. The summed E-state index contributed by atoms with van der Waals surface area (Å²) in [5.41, 5.74) is 1.04. The predicted octanol–water partition coefficient (Wildman–Crippen LogP) is 2.72. The van der Waals surface area contributed by atoms with Gasteiger partial charge in [-0.05, 0) is 62.5 Å². The number of nitrogens with one attached hydrogen (secondary N) is 1. The van der Waals surface area contributed by atoms with E-state index in [0.29, 0.717) is 19.8 Å². The average molecular weight is 361 g/mol. The zero-order chi connectivity index (χ0) is 18.4. The number of amides is 2. The molecule has 0 spiro atoms. The van der Waals surface area contributed by atoms with Crippen molar-refractivity contribution in [2.24, 2.45) is 5.92 Å². The first-order valence-corrected chi connectivity index (χ1v) is 9.71. The van der Waals surface area contributed by atoms with Gasteiger partial charge >= 0.3 is 6.03 Å². The fourth-order valence-electron chi connectivity index (χ4n) is 3.45. The molecule has 26 heavy (non-hydrogen) atoms. The van der Waals surface area contributed by atoms with Crippen LogP contribution in [0.5, 0.6) is 11.5 Å². The van der Waals surface area contributed by atoms with Gasteiger partial charge in [0.15, 0.2) is 11.5 Å². The molecule has 0 aromatic heterocycles. The molecule has 2 amide bonds. The van der Waals surface area contributed by atoms with Gasteiger partial charge in [0.2, 0.25) is 0 Å². The molecule has 1 saturated heterocycles. The zero-order valence-corrected chi connectivity index (χ0v) is 16.0. The smallest absolute Gasteiger partial charge is 0.317 e. The van der Waals surface area contributed by atoms with Crippen molar-refractivity contribution in [3.8, 4) is 11.5 Å². The van der Waals surface area contributed by atoms with Crippen LogP contribution < -0.4 is 14.8 Å². The molecule has 2 aliphatic heterocycles. The topological polar surface area (TPSA) is 54.0 Å². The molecule has 0 bridgehead atoms. The maximum Gasteiger partial charge on any atom is 0.317 e. The minimum Gasteiger partial charge on any atom is -0.486 e. The molecule has 3 rings (SSSR count). The molecule has 0 saturated carbocycles. The first-order chi connectivity index (χ1) is 12.6. The van der Waals surface area contributed by atoms with E-state index < -0.39 is 0 Å². The second kappa shape index (κ2) is 9.12. The van der Waals surface area contributed by atoms with Crippen LogP contribution in [-0.2, 0) is 6.54 Å². The Balaban J connectivity index is 1.36. The lowest BCUT2D eigenvalue weighted by molar-refractivity contribution is 0.171. The summed E-state index contributed by atoms with van der Waals surface area (Å²) in [5, 5.41) is 3.02. The van der Waals surface area contributed by atoms with Gasteiger partial charge in [0.25, 0.3) is 0 Å². The highest BCUT2D eigenvalue weighted by atomic mass is 16.6. The van der Waals surface area contributed by atoms with Crippen molar-refractivity contribution in [1.29, 1.82) is 0 Å². The number of ether oxygens (including phenoxy) is 2. The van der Waals surface area contributed by atoms with Gasteiger partial charge in [-0.15, -0.1) is 0 Å². The van der Waals surface area contributed by atoms with E-state index >= 15 is 0 Å². The molecule has 0 aliphatic carbocycles. The molecule has 0 radical (unpaired) electrons. The normalized spacial score (nSPS) is 17.8. The molecule has 6 nitrogen and oxygen atoms in total. The van der Waals surface area contributed by atoms with Crippen LogP contribution in [0.1, 0.15) is 31.7 Å². The summed E-state index contributed by atoms with van der Waals surface area (Å²) in [5.74, 6) is 2.40. The van der Waals surface area contributed by atoms with Crippen molar-refractivity contribution in [1.82, 2.24) is 15.1 Å². The number of rotatable bonds is 6.